The van der Waals surface area contributed by atoms with Gasteiger partial charge in [0.15, 0.2) is 0 Å². The number of aryl methyl sites for hydroxylation is 1. The van der Waals surface area contributed by atoms with Gasteiger partial charge in [0.1, 0.15) is 0 Å². The maximum absolute atomic E-state index is 12.4. The molecular weight excluding hydrogens is 298 g/mol. The van der Waals surface area contributed by atoms with Crippen LogP contribution in [0.5, 0.6) is 0 Å². The summed E-state index contributed by atoms with van der Waals surface area (Å²) in [5, 5.41) is 7.92. The Kier molecular flexibility index (Phi) is 5.70. The van der Waals surface area contributed by atoms with Crippen molar-refractivity contribution in [3.8, 4) is 0 Å². The van der Waals surface area contributed by atoms with Crippen molar-refractivity contribution in [2.24, 2.45) is 11.7 Å². The van der Waals surface area contributed by atoms with Gasteiger partial charge in [-0.15, -0.1) is 10.2 Å². The Labute approximate surface area is 136 Å². The number of primary amides is 1. The van der Waals surface area contributed by atoms with Crippen molar-refractivity contribution < 1.29 is 14.0 Å². The number of hydrogen-bond acceptors (Lipinski definition) is 6. The zero-order chi connectivity index (χ0) is 17.0. The van der Waals surface area contributed by atoms with Gasteiger partial charge < -0.3 is 20.0 Å². The highest BCUT2D eigenvalue weighted by Crippen LogP contribution is 2.14. The lowest BCUT2D eigenvalue weighted by Gasteiger charge is -2.22. The first-order valence-corrected chi connectivity index (χ1v) is 7.94. The molecule has 0 saturated carbocycles. The highest BCUT2D eigenvalue weighted by molar-refractivity contribution is 5.80. The van der Waals surface area contributed by atoms with E-state index in [0.29, 0.717) is 37.8 Å². The van der Waals surface area contributed by atoms with Crippen LogP contribution in [-0.2, 0) is 16.0 Å². The summed E-state index contributed by atoms with van der Waals surface area (Å²) in [5.41, 5.74) is 5.42. The average molecular weight is 323 g/mol. The van der Waals surface area contributed by atoms with Gasteiger partial charge in [0.2, 0.25) is 23.6 Å². The van der Waals surface area contributed by atoms with Crippen LogP contribution in [0.4, 0.5) is 0 Å². The Morgan fingerprint density at radius 3 is 2.65 bits per heavy atom. The van der Waals surface area contributed by atoms with Crippen molar-refractivity contribution in [1.82, 2.24) is 20.0 Å². The number of nitrogens with two attached hydrogens (primary N) is 1. The predicted octanol–water partition coefficient (Wildman–Crippen LogP) is 0.00110. The van der Waals surface area contributed by atoms with Crippen LogP contribution in [0.15, 0.2) is 4.42 Å². The molecule has 0 radical (unpaired) electrons. The number of carbonyl (C=O) groups is 2. The first kappa shape index (κ1) is 17.4. The predicted molar refractivity (Wildman–Crippen MR) is 83.5 cm³/mol. The summed E-state index contributed by atoms with van der Waals surface area (Å²) in [4.78, 5) is 27.6. The Bertz CT molecular complexity index is 557. The Morgan fingerprint density at radius 1 is 1.30 bits per heavy atom. The summed E-state index contributed by atoms with van der Waals surface area (Å²) in [5.74, 6) is 0.510. The molecule has 2 amide bonds. The number of nitrogens with zero attached hydrogens (tertiary/aromatic N) is 4. The molecule has 0 spiro atoms. The molecule has 1 aromatic heterocycles. The van der Waals surface area contributed by atoms with Crippen LogP contribution in [0, 0.1) is 5.92 Å². The van der Waals surface area contributed by atoms with Gasteiger partial charge in [-0.25, -0.2) is 0 Å². The van der Waals surface area contributed by atoms with E-state index in [0.717, 1.165) is 6.54 Å². The largest absolute Gasteiger partial charge is 0.425 e. The lowest BCUT2D eigenvalue weighted by molar-refractivity contribution is -0.132. The summed E-state index contributed by atoms with van der Waals surface area (Å²) in [6.45, 7) is 6.23. The lowest BCUT2D eigenvalue weighted by Crippen LogP contribution is -2.40. The second-order valence-corrected chi connectivity index (χ2v) is 6.39. The summed E-state index contributed by atoms with van der Waals surface area (Å²) < 4.78 is 5.51. The van der Waals surface area contributed by atoms with E-state index in [1.54, 1.807) is 4.90 Å². The van der Waals surface area contributed by atoms with Crippen LogP contribution in [0.3, 0.4) is 0 Å². The smallest absolute Gasteiger partial charge is 0.223 e. The van der Waals surface area contributed by atoms with E-state index in [4.69, 9.17) is 10.2 Å². The minimum atomic E-state index is -0.366. The zero-order valence-corrected chi connectivity index (χ0v) is 14.0. The van der Waals surface area contributed by atoms with Gasteiger partial charge in [0.25, 0.3) is 0 Å². The number of amides is 2. The minimum absolute atomic E-state index is 0.0177. The van der Waals surface area contributed by atoms with Crippen molar-refractivity contribution in [2.75, 3.05) is 33.2 Å². The average Bonchev–Trinajstić information content (AvgIpc) is 2.87. The molecule has 2 N–H and O–H groups in total. The molecule has 1 atom stereocenters. The molecule has 1 aliphatic heterocycles. The maximum Gasteiger partial charge on any atom is 0.223 e. The van der Waals surface area contributed by atoms with Gasteiger partial charge in [-0.3, -0.25) is 9.59 Å². The van der Waals surface area contributed by atoms with E-state index in [2.05, 4.69) is 10.2 Å². The van der Waals surface area contributed by atoms with E-state index in [1.807, 2.05) is 25.8 Å². The fourth-order valence-electron chi connectivity index (χ4n) is 2.55. The molecule has 8 nitrogen and oxygen atoms in total. The summed E-state index contributed by atoms with van der Waals surface area (Å²) >= 11 is 0. The molecular formula is C15H25N5O3. The number of carbonyl (C=O) groups excluding carboxylic acids is 2. The van der Waals surface area contributed by atoms with Crippen molar-refractivity contribution in [1.29, 1.82) is 0 Å². The van der Waals surface area contributed by atoms with E-state index in [-0.39, 0.29) is 30.1 Å². The fourth-order valence-corrected chi connectivity index (χ4v) is 2.55. The van der Waals surface area contributed by atoms with E-state index < -0.39 is 0 Å². The molecule has 8 heteroatoms. The molecule has 2 heterocycles. The third-order valence-corrected chi connectivity index (χ3v) is 4.01. The first-order chi connectivity index (χ1) is 10.9. The topological polar surface area (TPSA) is 106 Å². The van der Waals surface area contributed by atoms with Gasteiger partial charge >= 0.3 is 0 Å². The quantitative estimate of drug-likeness (QED) is 0.817. The monoisotopic (exact) mass is 323 g/mol. The van der Waals surface area contributed by atoms with Gasteiger partial charge in [0, 0.05) is 44.9 Å². The SMILES string of the molecule is CC(C)c1nnc(CCC(=O)N2CCN(C)CC(C(N)=O)C2)o1. The molecule has 1 aromatic rings. The molecule has 1 fully saturated rings. The summed E-state index contributed by atoms with van der Waals surface area (Å²) in [7, 11) is 1.93. The van der Waals surface area contributed by atoms with E-state index in [9.17, 15) is 9.59 Å². The maximum atomic E-state index is 12.4. The van der Waals surface area contributed by atoms with E-state index >= 15 is 0 Å². The van der Waals surface area contributed by atoms with Crippen molar-refractivity contribution in [2.45, 2.75) is 32.6 Å². The third-order valence-electron chi connectivity index (χ3n) is 4.01. The van der Waals surface area contributed by atoms with Crippen LogP contribution >= 0.6 is 0 Å². The van der Waals surface area contributed by atoms with Crippen LogP contribution in [0.25, 0.3) is 0 Å². The van der Waals surface area contributed by atoms with Gasteiger partial charge in [-0.1, -0.05) is 13.8 Å². The summed E-state index contributed by atoms with van der Waals surface area (Å²) in [6, 6.07) is 0. The molecule has 1 unspecified atom stereocenters. The van der Waals surface area contributed by atoms with Gasteiger partial charge in [-0.2, -0.15) is 0 Å². The molecule has 0 aliphatic carbocycles. The Balaban J connectivity index is 1.91. The van der Waals surface area contributed by atoms with E-state index in [1.165, 1.54) is 0 Å². The fraction of sp³-hybridized carbons (Fsp3) is 0.733. The van der Waals surface area contributed by atoms with Gasteiger partial charge in [0.05, 0.1) is 5.92 Å². The van der Waals surface area contributed by atoms with Crippen LogP contribution in [0.2, 0.25) is 0 Å². The molecule has 0 bridgehead atoms. The molecule has 2 rings (SSSR count). The lowest BCUT2D eigenvalue weighted by atomic mass is 10.1. The second-order valence-electron chi connectivity index (χ2n) is 6.39. The van der Waals surface area contributed by atoms with Crippen molar-refractivity contribution in [3.05, 3.63) is 11.8 Å². The number of rotatable bonds is 5. The highest BCUT2D eigenvalue weighted by atomic mass is 16.4. The second kappa shape index (κ2) is 7.54. The number of hydrogen-bond donors (Lipinski definition) is 1. The van der Waals surface area contributed by atoms with Gasteiger partial charge in [-0.05, 0) is 7.05 Å². The molecule has 128 valence electrons. The minimum Gasteiger partial charge on any atom is -0.425 e. The zero-order valence-electron chi connectivity index (χ0n) is 14.0. The number of aromatic nitrogens is 2. The first-order valence-electron chi connectivity index (χ1n) is 7.94. The van der Waals surface area contributed by atoms with Crippen LogP contribution in [0.1, 0.15) is 38.0 Å². The molecule has 1 saturated heterocycles. The van der Waals surface area contributed by atoms with Crippen LogP contribution in [-0.4, -0.2) is 65.0 Å². The van der Waals surface area contributed by atoms with Crippen LogP contribution < -0.4 is 5.73 Å². The molecule has 0 aromatic carbocycles. The normalized spacial score (nSPS) is 19.8. The standard InChI is InChI=1S/C15H25N5O3/c1-10(2)15-18-17-12(23-15)4-5-13(21)20-7-6-19(3)8-11(9-20)14(16)22/h10-11H,4-9H2,1-3H3,(H2,16,22). The highest BCUT2D eigenvalue weighted by Gasteiger charge is 2.27. The van der Waals surface area contributed by atoms with Crippen molar-refractivity contribution >= 4 is 11.8 Å². The van der Waals surface area contributed by atoms with Crippen molar-refractivity contribution in [3.63, 3.8) is 0 Å². The third kappa shape index (κ3) is 4.75. The Hall–Kier alpha value is -1.96. The number of likely N-dealkylation sites (N-methyl/N-ethyl adjacent to an activating group) is 1. The molecule has 1 aliphatic rings. The summed E-state index contributed by atoms with van der Waals surface area (Å²) in [6.07, 6.45) is 0.695. The molecule has 23 heavy (non-hydrogen) atoms. The Morgan fingerprint density at radius 2 is 2.04 bits per heavy atom.